The van der Waals surface area contributed by atoms with Crippen molar-refractivity contribution in [3.05, 3.63) is 23.0 Å². The Bertz CT molecular complexity index is 291. The molecule has 0 aliphatic heterocycles. The van der Waals surface area contributed by atoms with Gasteiger partial charge in [0.05, 0.1) is 17.3 Å². The highest BCUT2D eigenvalue weighted by atomic mass is 35.5. The van der Waals surface area contributed by atoms with Gasteiger partial charge in [-0.25, -0.2) is 4.39 Å². The Hall–Kier alpha value is -0.960. The molecule has 0 aliphatic rings. The van der Waals surface area contributed by atoms with E-state index in [1.807, 2.05) is 6.92 Å². The number of ether oxygens (including phenoxy) is 1. The summed E-state index contributed by atoms with van der Waals surface area (Å²) in [6, 6.07) is 2.52. The molecular weight excluding hydrogens is 181 g/mol. The Balaban J connectivity index is 3.05. The van der Waals surface area contributed by atoms with Crippen molar-refractivity contribution in [1.29, 1.82) is 0 Å². The number of benzene rings is 1. The predicted molar refractivity (Wildman–Crippen MR) is 47.0 cm³/mol. The number of rotatable bonds is 2. The number of anilines is 1. The van der Waals surface area contributed by atoms with Crippen LogP contribution in [0.1, 0.15) is 6.92 Å². The van der Waals surface area contributed by atoms with E-state index < -0.39 is 5.82 Å². The Morgan fingerprint density at radius 3 is 2.83 bits per heavy atom. The summed E-state index contributed by atoms with van der Waals surface area (Å²) in [4.78, 5) is 0. The molecular formula is C8H9ClFNO. The van der Waals surface area contributed by atoms with Crippen molar-refractivity contribution in [2.75, 3.05) is 12.3 Å². The molecule has 0 unspecified atom stereocenters. The largest absolute Gasteiger partial charge is 0.492 e. The molecule has 4 heteroatoms. The maximum absolute atomic E-state index is 12.7. The van der Waals surface area contributed by atoms with Gasteiger partial charge in [-0.2, -0.15) is 0 Å². The SMILES string of the molecule is CCOc1cc(N)c(F)cc1Cl. The summed E-state index contributed by atoms with van der Waals surface area (Å²) in [6.07, 6.45) is 0. The van der Waals surface area contributed by atoms with Gasteiger partial charge in [0.1, 0.15) is 11.6 Å². The van der Waals surface area contributed by atoms with Crippen molar-refractivity contribution in [2.24, 2.45) is 0 Å². The highest BCUT2D eigenvalue weighted by Gasteiger charge is 2.05. The second-order valence-electron chi connectivity index (χ2n) is 2.24. The smallest absolute Gasteiger partial charge is 0.147 e. The van der Waals surface area contributed by atoms with Gasteiger partial charge in [-0.15, -0.1) is 0 Å². The lowest BCUT2D eigenvalue weighted by molar-refractivity contribution is 0.340. The zero-order valence-electron chi connectivity index (χ0n) is 6.60. The van der Waals surface area contributed by atoms with Gasteiger partial charge in [-0.3, -0.25) is 0 Å². The molecule has 2 N–H and O–H groups in total. The molecule has 1 aromatic carbocycles. The first-order chi connectivity index (χ1) is 5.65. The molecule has 0 atom stereocenters. The number of hydrogen-bond acceptors (Lipinski definition) is 2. The van der Waals surface area contributed by atoms with Crippen LogP contribution in [0.5, 0.6) is 5.75 Å². The lowest BCUT2D eigenvalue weighted by Gasteiger charge is -2.06. The first kappa shape index (κ1) is 9.13. The standard InChI is InChI=1S/C8H9ClFNO/c1-2-12-8-4-7(11)6(10)3-5(8)9/h3-4H,2,11H2,1H3. The normalized spacial score (nSPS) is 9.92. The first-order valence-electron chi connectivity index (χ1n) is 3.52. The Morgan fingerprint density at radius 1 is 1.58 bits per heavy atom. The highest BCUT2D eigenvalue weighted by Crippen LogP contribution is 2.28. The minimum Gasteiger partial charge on any atom is -0.492 e. The van der Waals surface area contributed by atoms with E-state index in [4.69, 9.17) is 22.1 Å². The molecule has 0 heterocycles. The van der Waals surface area contributed by atoms with Crippen molar-refractivity contribution >= 4 is 17.3 Å². The number of nitrogens with two attached hydrogens (primary N) is 1. The lowest BCUT2D eigenvalue weighted by Crippen LogP contribution is -1.96. The molecule has 0 amide bonds. The molecule has 0 aromatic heterocycles. The van der Waals surface area contributed by atoms with E-state index in [0.717, 1.165) is 6.07 Å². The third-order valence-electron chi connectivity index (χ3n) is 1.35. The van der Waals surface area contributed by atoms with Gasteiger partial charge in [-0.05, 0) is 13.0 Å². The molecule has 1 aromatic rings. The molecule has 0 fully saturated rings. The Labute approximate surface area is 75.1 Å². The van der Waals surface area contributed by atoms with Gasteiger partial charge in [0, 0.05) is 6.07 Å². The van der Waals surface area contributed by atoms with Gasteiger partial charge >= 0.3 is 0 Å². The summed E-state index contributed by atoms with van der Waals surface area (Å²) in [5.41, 5.74) is 5.35. The maximum atomic E-state index is 12.7. The highest BCUT2D eigenvalue weighted by molar-refractivity contribution is 6.32. The summed E-state index contributed by atoms with van der Waals surface area (Å²) in [5.74, 6) is -0.110. The van der Waals surface area contributed by atoms with Crippen LogP contribution in [0.3, 0.4) is 0 Å². The summed E-state index contributed by atoms with van der Waals surface area (Å²) < 4.78 is 17.8. The molecule has 66 valence electrons. The van der Waals surface area contributed by atoms with Crippen molar-refractivity contribution in [1.82, 2.24) is 0 Å². The molecule has 0 bridgehead atoms. The predicted octanol–water partition coefficient (Wildman–Crippen LogP) is 2.46. The van der Waals surface area contributed by atoms with Crippen molar-refractivity contribution < 1.29 is 9.13 Å². The second kappa shape index (κ2) is 3.63. The van der Waals surface area contributed by atoms with Gasteiger partial charge in [0.2, 0.25) is 0 Å². The zero-order valence-corrected chi connectivity index (χ0v) is 7.36. The second-order valence-corrected chi connectivity index (χ2v) is 2.64. The van der Waals surface area contributed by atoms with E-state index >= 15 is 0 Å². The van der Waals surface area contributed by atoms with Crippen LogP contribution in [-0.2, 0) is 0 Å². The molecule has 0 aliphatic carbocycles. The van der Waals surface area contributed by atoms with E-state index in [2.05, 4.69) is 0 Å². The lowest BCUT2D eigenvalue weighted by atomic mass is 10.3. The summed E-state index contributed by atoms with van der Waals surface area (Å²) in [5, 5.41) is 0.239. The van der Waals surface area contributed by atoms with E-state index in [1.165, 1.54) is 6.07 Å². The Morgan fingerprint density at radius 2 is 2.25 bits per heavy atom. The fourth-order valence-corrected chi connectivity index (χ4v) is 1.02. The first-order valence-corrected chi connectivity index (χ1v) is 3.90. The fraction of sp³-hybridized carbons (Fsp3) is 0.250. The molecule has 0 saturated carbocycles. The van der Waals surface area contributed by atoms with Crippen LogP contribution in [0.15, 0.2) is 12.1 Å². The summed E-state index contributed by atoms with van der Waals surface area (Å²) >= 11 is 5.66. The monoisotopic (exact) mass is 189 g/mol. The Kier molecular flexibility index (Phi) is 2.76. The number of nitrogen functional groups attached to an aromatic ring is 1. The summed E-state index contributed by atoms with van der Waals surface area (Å²) in [6.45, 7) is 2.29. The number of halogens is 2. The molecule has 0 radical (unpaired) electrons. The third-order valence-corrected chi connectivity index (χ3v) is 1.65. The molecule has 0 saturated heterocycles. The topological polar surface area (TPSA) is 35.2 Å². The molecule has 0 spiro atoms. The van der Waals surface area contributed by atoms with Crippen molar-refractivity contribution in [2.45, 2.75) is 6.92 Å². The average Bonchev–Trinajstić information content (AvgIpc) is 2.01. The average molecular weight is 190 g/mol. The van der Waals surface area contributed by atoms with E-state index in [-0.39, 0.29) is 10.7 Å². The molecule has 12 heavy (non-hydrogen) atoms. The third kappa shape index (κ3) is 1.80. The fourth-order valence-electron chi connectivity index (χ4n) is 0.811. The van der Waals surface area contributed by atoms with Crippen LogP contribution in [0.4, 0.5) is 10.1 Å². The quantitative estimate of drug-likeness (QED) is 0.726. The molecule has 1 rings (SSSR count). The van der Waals surface area contributed by atoms with Crippen LogP contribution in [0.2, 0.25) is 5.02 Å². The summed E-state index contributed by atoms with van der Waals surface area (Å²) in [7, 11) is 0. The molecule has 2 nitrogen and oxygen atoms in total. The van der Waals surface area contributed by atoms with Crippen LogP contribution < -0.4 is 10.5 Å². The van der Waals surface area contributed by atoms with Crippen molar-refractivity contribution in [3.63, 3.8) is 0 Å². The van der Waals surface area contributed by atoms with Crippen molar-refractivity contribution in [3.8, 4) is 5.75 Å². The van der Waals surface area contributed by atoms with Gasteiger partial charge < -0.3 is 10.5 Å². The zero-order chi connectivity index (χ0) is 9.14. The van der Waals surface area contributed by atoms with Crippen LogP contribution in [0.25, 0.3) is 0 Å². The minimum absolute atomic E-state index is 0.0443. The van der Waals surface area contributed by atoms with Crippen LogP contribution in [0, 0.1) is 5.82 Å². The van der Waals surface area contributed by atoms with Gasteiger partial charge in [0.15, 0.2) is 0 Å². The van der Waals surface area contributed by atoms with E-state index in [0.29, 0.717) is 12.4 Å². The van der Waals surface area contributed by atoms with Gasteiger partial charge in [-0.1, -0.05) is 11.6 Å². The van der Waals surface area contributed by atoms with Crippen LogP contribution in [-0.4, -0.2) is 6.61 Å². The number of hydrogen-bond donors (Lipinski definition) is 1. The maximum Gasteiger partial charge on any atom is 0.147 e. The van der Waals surface area contributed by atoms with Crippen LogP contribution >= 0.6 is 11.6 Å². The van der Waals surface area contributed by atoms with E-state index in [9.17, 15) is 4.39 Å². The minimum atomic E-state index is -0.525. The van der Waals surface area contributed by atoms with E-state index in [1.54, 1.807) is 0 Å². The van der Waals surface area contributed by atoms with Gasteiger partial charge in [0.25, 0.3) is 0 Å².